The Hall–Kier alpha value is -2.26. The van der Waals surface area contributed by atoms with E-state index in [1.54, 1.807) is 0 Å². The van der Waals surface area contributed by atoms with Gasteiger partial charge in [0.15, 0.2) is 0 Å². The average molecular weight is 277 g/mol. The smallest absolute Gasteiger partial charge is 0.0601 e. The monoisotopic (exact) mass is 277 g/mol. The molecule has 0 aliphatic rings. The van der Waals surface area contributed by atoms with Gasteiger partial charge in [0.05, 0.1) is 6.04 Å². The van der Waals surface area contributed by atoms with E-state index in [0.717, 1.165) is 6.54 Å². The van der Waals surface area contributed by atoms with Crippen LogP contribution < -0.4 is 5.32 Å². The lowest BCUT2D eigenvalue weighted by atomic mass is 9.93. The van der Waals surface area contributed by atoms with Gasteiger partial charge in [0.25, 0.3) is 0 Å². The third-order valence-corrected chi connectivity index (χ3v) is 3.83. The molecule has 0 saturated carbocycles. The Labute approximate surface area is 125 Å². The lowest BCUT2D eigenvalue weighted by Crippen LogP contribution is -2.23. The summed E-state index contributed by atoms with van der Waals surface area (Å²) >= 11 is 0. The van der Waals surface area contributed by atoms with Crippen molar-refractivity contribution in [3.8, 4) is 0 Å². The summed E-state index contributed by atoms with van der Waals surface area (Å²) in [5.41, 5.74) is 3.71. The molecule has 0 aliphatic carbocycles. The van der Waals surface area contributed by atoms with Gasteiger partial charge in [-0.2, -0.15) is 0 Å². The molecule has 1 unspecified atom stereocenters. The van der Waals surface area contributed by atoms with Crippen LogP contribution in [0.15, 0.2) is 55.1 Å². The third-order valence-electron chi connectivity index (χ3n) is 3.83. The molecule has 0 saturated heterocycles. The van der Waals surface area contributed by atoms with Crippen molar-refractivity contribution >= 4 is 10.8 Å². The molecule has 3 rings (SSSR count). The van der Waals surface area contributed by atoms with Crippen molar-refractivity contribution in [2.75, 3.05) is 6.54 Å². The van der Waals surface area contributed by atoms with E-state index in [1.807, 2.05) is 24.8 Å². The third kappa shape index (κ3) is 2.65. The molecule has 0 amide bonds. The first-order chi connectivity index (χ1) is 10.3. The molecule has 0 radical (unpaired) electrons. The van der Waals surface area contributed by atoms with E-state index < -0.39 is 0 Å². The molecular formula is C18H19N3. The minimum absolute atomic E-state index is 0.136. The van der Waals surface area contributed by atoms with E-state index in [1.165, 1.54) is 27.5 Å². The van der Waals surface area contributed by atoms with Crippen molar-refractivity contribution < 1.29 is 0 Å². The van der Waals surface area contributed by atoms with Gasteiger partial charge < -0.3 is 5.32 Å². The molecule has 3 nitrogen and oxygen atoms in total. The van der Waals surface area contributed by atoms with Crippen LogP contribution in [-0.2, 0) is 0 Å². The summed E-state index contributed by atoms with van der Waals surface area (Å²) in [6.45, 7) is 5.16. The van der Waals surface area contributed by atoms with Gasteiger partial charge >= 0.3 is 0 Å². The van der Waals surface area contributed by atoms with E-state index in [2.05, 4.69) is 59.5 Å². The summed E-state index contributed by atoms with van der Waals surface area (Å²) in [5.74, 6) is 0. The predicted octanol–water partition coefficient (Wildman–Crippen LogP) is 3.64. The molecule has 2 heterocycles. The Morgan fingerprint density at radius 3 is 2.62 bits per heavy atom. The van der Waals surface area contributed by atoms with Crippen molar-refractivity contribution in [3.63, 3.8) is 0 Å². The fourth-order valence-corrected chi connectivity index (χ4v) is 2.76. The summed E-state index contributed by atoms with van der Waals surface area (Å²) in [6.07, 6.45) is 7.58. The van der Waals surface area contributed by atoms with Crippen LogP contribution in [0.25, 0.3) is 10.8 Å². The Balaban J connectivity index is 2.19. The molecule has 106 valence electrons. The van der Waals surface area contributed by atoms with Crippen LogP contribution in [0, 0.1) is 6.92 Å². The molecule has 0 aliphatic heterocycles. The molecule has 3 aromatic rings. The first-order valence-corrected chi connectivity index (χ1v) is 7.27. The van der Waals surface area contributed by atoms with Crippen molar-refractivity contribution in [1.29, 1.82) is 0 Å². The second-order valence-electron chi connectivity index (χ2n) is 5.17. The highest BCUT2D eigenvalue weighted by Crippen LogP contribution is 2.29. The number of aromatic nitrogens is 2. The van der Waals surface area contributed by atoms with Crippen LogP contribution in [0.5, 0.6) is 0 Å². The number of hydrogen-bond donors (Lipinski definition) is 1. The van der Waals surface area contributed by atoms with Gasteiger partial charge in [-0.3, -0.25) is 9.97 Å². The lowest BCUT2D eigenvalue weighted by molar-refractivity contribution is 0.629. The lowest BCUT2D eigenvalue weighted by Gasteiger charge is -2.22. The number of nitrogens with zero attached hydrogens (tertiary/aromatic N) is 2. The van der Waals surface area contributed by atoms with Gasteiger partial charge in [0, 0.05) is 30.2 Å². The Morgan fingerprint density at radius 2 is 1.81 bits per heavy atom. The van der Waals surface area contributed by atoms with Crippen molar-refractivity contribution in [1.82, 2.24) is 15.3 Å². The first kappa shape index (κ1) is 13.7. The zero-order valence-corrected chi connectivity index (χ0v) is 12.4. The molecule has 21 heavy (non-hydrogen) atoms. The number of rotatable bonds is 4. The van der Waals surface area contributed by atoms with Crippen LogP contribution in [0.3, 0.4) is 0 Å². The zero-order chi connectivity index (χ0) is 14.7. The minimum Gasteiger partial charge on any atom is -0.306 e. The largest absolute Gasteiger partial charge is 0.306 e. The molecule has 0 fully saturated rings. The van der Waals surface area contributed by atoms with E-state index >= 15 is 0 Å². The van der Waals surface area contributed by atoms with Gasteiger partial charge in [0.2, 0.25) is 0 Å². The second kappa shape index (κ2) is 6.02. The molecule has 3 heteroatoms. The van der Waals surface area contributed by atoms with Gasteiger partial charge in [-0.1, -0.05) is 25.1 Å². The summed E-state index contributed by atoms with van der Waals surface area (Å²) in [4.78, 5) is 8.59. The normalized spacial score (nSPS) is 12.5. The highest BCUT2D eigenvalue weighted by molar-refractivity contribution is 5.85. The fraction of sp³-hybridized carbons (Fsp3) is 0.222. The second-order valence-corrected chi connectivity index (χ2v) is 5.17. The van der Waals surface area contributed by atoms with Gasteiger partial charge in [-0.15, -0.1) is 0 Å². The van der Waals surface area contributed by atoms with E-state index in [0.29, 0.717) is 0 Å². The fourth-order valence-electron chi connectivity index (χ4n) is 2.76. The number of nitrogens with one attached hydrogen (secondary N) is 1. The number of benzene rings is 1. The number of fused-ring (bicyclic) bond motifs is 1. The molecule has 1 atom stereocenters. The van der Waals surface area contributed by atoms with Crippen LogP contribution in [-0.4, -0.2) is 16.5 Å². The molecule has 2 aromatic heterocycles. The maximum Gasteiger partial charge on any atom is 0.0601 e. The molecular weight excluding hydrogens is 258 g/mol. The maximum absolute atomic E-state index is 4.30. The van der Waals surface area contributed by atoms with Crippen molar-refractivity contribution in [2.45, 2.75) is 19.9 Å². The number of hydrogen-bond acceptors (Lipinski definition) is 3. The average Bonchev–Trinajstić information content (AvgIpc) is 2.53. The molecule has 1 N–H and O–H groups in total. The Bertz CT molecular complexity index is 747. The van der Waals surface area contributed by atoms with E-state index in [-0.39, 0.29) is 6.04 Å². The standard InChI is InChI=1S/C18H19N3/c1-3-21-18(16-11-19-9-7-13(16)2)15-6-4-5-14-8-10-20-12-17(14)15/h4-12,18,21H,3H2,1-2H3. The van der Waals surface area contributed by atoms with Crippen molar-refractivity contribution in [2.24, 2.45) is 0 Å². The summed E-state index contributed by atoms with van der Waals surface area (Å²) in [6, 6.07) is 10.6. The summed E-state index contributed by atoms with van der Waals surface area (Å²) < 4.78 is 0. The van der Waals surface area contributed by atoms with Gasteiger partial charge in [0.1, 0.15) is 0 Å². The zero-order valence-electron chi connectivity index (χ0n) is 12.4. The summed E-state index contributed by atoms with van der Waals surface area (Å²) in [7, 11) is 0. The number of aryl methyl sites for hydroxylation is 1. The Kier molecular flexibility index (Phi) is 3.93. The maximum atomic E-state index is 4.30. The van der Waals surface area contributed by atoms with Gasteiger partial charge in [-0.05, 0) is 47.7 Å². The topological polar surface area (TPSA) is 37.8 Å². The van der Waals surface area contributed by atoms with Crippen LogP contribution in [0.4, 0.5) is 0 Å². The SMILES string of the molecule is CCNC(c1cnccc1C)c1cccc2ccncc12. The molecule has 0 spiro atoms. The molecule has 0 bridgehead atoms. The van der Waals surface area contributed by atoms with E-state index in [4.69, 9.17) is 0 Å². The van der Waals surface area contributed by atoms with Crippen LogP contribution >= 0.6 is 0 Å². The van der Waals surface area contributed by atoms with Crippen LogP contribution in [0.2, 0.25) is 0 Å². The predicted molar refractivity (Wildman–Crippen MR) is 86.2 cm³/mol. The van der Waals surface area contributed by atoms with Crippen molar-refractivity contribution in [3.05, 3.63) is 71.8 Å². The van der Waals surface area contributed by atoms with Gasteiger partial charge in [-0.25, -0.2) is 0 Å². The first-order valence-electron chi connectivity index (χ1n) is 7.27. The summed E-state index contributed by atoms with van der Waals surface area (Å²) in [5, 5.41) is 5.98. The highest BCUT2D eigenvalue weighted by Gasteiger charge is 2.17. The quantitative estimate of drug-likeness (QED) is 0.791. The van der Waals surface area contributed by atoms with E-state index in [9.17, 15) is 0 Å². The number of pyridine rings is 2. The molecule has 1 aromatic carbocycles. The van der Waals surface area contributed by atoms with Crippen LogP contribution in [0.1, 0.15) is 29.7 Å². The highest BCUT2D eigenvalue weighted by atomic mass is 14.9. The minimum atomic E-state index is 0.136. The Morgan fingerprint density at radius 1 is 1.00 bits per heavy atom.